The highest BCUT2D eigenvalue weighted by atomic mass is 19.1. The van der Waals surface area contributed by atoms with E-state index >= 15 is 0 Å². The third-order valence-corrected chi connectivity index (χ3v) is 4.43. The quantitative estimate of drug-likeness (QED) is 0.889. The van der Waals surface area contributed by atoms with Gasteiger partial charge in [-0.3, -0.25) is 4.79 Å². The van der Waals surface area contributed by atoms with Gasteiger partial charge in [-0.15, -0.1) is 0 Å². The van der Waals surface area contributed by atoms with Gasteiger partial charge >= 0.3 is 0 Å². The lowest BCUT2D eigenvalue weighted by atomic mass is 9.80. The third kappa shape index (κ3) is 3.11. The first kappa shape index (κ1) is 14.8. The Labute approximate surface area is 119 Å². The first-order valence-corrected chi connectivity index (χ1v) is 7.25. The summed E-state index contributed by atoms with van der Waals surface area (Å²) in [6, 6.07) is 3.18. The van der Waals surface area contributed by atoms with Crippen LogP contribution in [0.4, 0.5) is 10.1 Å². The molecule has 1 saturated carbocycles. The van der Waals surface area contributed by atoms with Crippen molar-refractivity contribution in [3.8, 4) is 0 Å². The topological polar surface area (TPSA) is 55.1 Å². The van der Waals surface area contributed by atoms with Gasteiger partial charge in [0.25, 0.3) is 0 Å². The molecule has 0 saturated heterocycles. The molecule has 1 fully saturated rings. The highest BCUT2D eigenvalue weighted by molar-refractivity contribution is 5.94. The molecule has 3 unspecified atom stereocenters. The van der Waals surface area contributed by atoms with Crippen LogP contribution in [0.1, 0.15) is 49.0 Å². The predicted molar refractivity (Wildman–Crippen MR) is 79.2 cm³/mol. The average molecular weight is 278 g/mol. The Morgan fingerprint density at radius 2 is 2.05 bits per heavy atom. The van der Waals surface area contributed by atoms with Gasteiger partial charge in [-0.05, 0) is 43.7 Å². The summed E-state index contributed by atoms with van der Waals surface area (Å²) in [5, 5.41) is 3.42. The number of amides is 1. The Balaban J connectivity index is 2.25. The molecule has 0 aromatic heterocycles. The zero-order valence-electron chi connectivity index (χ0n) is 12.4. The summed E-state index contributed by atoms with van der Waals surface area (Å²) in [5.41, 5.74) is 6.69. The standard InChI is InChI=1S/C16H23FN2O/c1-9-4-5-10(2)14(6-9)19-15-8-12(16(18)20)7-13(17)11(15)3/h7-10,14,19H,4-6H2,1-3H3,(H2,18,20). The van der Waals surface area contributed by atoms with Crippen molar-refractivity contribution in [2.45, 2.75) is 46.1 Å². The number of carbonyl (C=O) groups excluding carboxylic acids is 1. The van der Waals surface area contributed by atoms with Crippen LogP contribution in [0.5, 0.6) is 0 Å². The number of benzene rings is 1. The summed E-state index contributed by atoms with van der Waals surface area (Å²) in [6.45, 7) is 6.18. The van der Waals surface area contributed by atoms with Gasteiger partial charge in [0.05, 0.1) is 0 Å². The maximum atomic E-state index is 13.9. The van der Waals surface area contributed by atoms with E-state index in [0.717, 1.165) is 6.42 Å². The molecular formula is C16H23FN2O. The zero-order valence-corrected chi connectivity index (χ0v) is 12.4. The van der Waals surface area contributed by atoms with E-state index in [2.05, 4.69) is 19.2 Å². The first-order valence-electron chi connectivity index (χ1n) is 7.25. The number of anilines is 1. The third-order valence-electron chi connectivity index (χ3n) is 4.43. The van der Waals surface area contributed by atoms with Crippen LogP contribution < -0.4 is 11.1 Å². The van der Waals surface area contributed by atoms with Crippen molar-refractivity contribution in [3.63, 3.8) is 0 Å². The summed E-state index contributed by atoms with van der Waals surface area (Å²) in [5.74, 6) is 0.233. The minimum absolute atomic E-state index is 0.215. The van der Waals surface area contributed by atoms with Gasteiger partial charge in [0.1, 0.15) is 5.82 Å². The van der Waals surface area contributed by atoms with Crippen molar-refractivity contribution in [3.05, 3.63) is 29.1 Å². The number of primary amides is 1. The van der Waals surface area contributed by atoms with Gasteiger partial charge in [-0.2, -0.15) is 0 Å². The van der Waals surface area contributed by atoms with Crippen LogP contribution in [0.25, 0.3) is 0 Å². The fraction of sp³-hybridized carbons (Fsp3) is 0.562. The van der Waals surface area contributed by atoms with Crippen LogP contribution in [-0.2, 0) is 0 Å². The molecular weight excluding hydrogens is 255 g/mol. The minimum atomic E-state index is -0.600. The van der Waals surface area contributed by atoms with E-state index in [-0.39, 0.29) is 11.4 Å². The van der Waals surface area contributed by atoms with E-state index in [0.29, 0.717) is 29.1 Å². The van der Waals surface area contributed by atoms with Gasteiger partial charge in [0.15, 0.2) is 0 Å². The highest BCUT2D eigenvalue weighted by Gasteiger charge is 2.26. The number of hydrogen-bond donors (Lipinski definition) is 2. The van der Waals surface area contributed by atoms with E-state index in [4.69, 9.17) is 5.73 Å². The van der Waals surface area contributed by atoms with Crippen LogP contribution in [0.3, 0.4) is 0 Å². The molecule has 1 aromatic carbocycles. The second kappa shape index (κ2) is 5.81. The van der Waals surface area contributed by atoms with Crippen molar-refractivity contribution in [1.82, 2.24) is 0 Å². The lowest BCUT2D eigenvalue weighted by Crippen LogP contribution is -2.33. The molecule has 3 nitrogen and oxygen atoms in total. The van der Waals surface area contributed by atoms with Crippen molar-refractivity contribution in [2.75, 3.05) is 5.32 Å². The molecule has 20 heavy (non-hydrogen) atoms. The first-order chi connectivity index (χ1) is 9.38. The van der Waals surface area contributed by atoms with Crippen molar-refractivity contribution >= 4 is 11.6 Å². The van der Waals surface area contributed by atoms with Gasteiger partial charge in [-0.1, -0.05) is 20.3 Å². The summed E-state index contributed by atoms with van der Waals surface area (Å²) in [4.78, 5) is 11.3. The molecule has 2 rings (SSSR count). The Bertz CT molecular complexity index is 515. The van der Waals surface area contributed by atoms with Crippen molar-refractivity contribution < 1.29 is 9.18 Å². The molecule has 0 radical (unpaired) electrons. The largest absolute Gasteiger partial charge is 0.382 e. The molecule has 1 aliphatic rings. The molecule has 0 spiro atoms. The second-order valence-electron chi connectivity index (χ2n) is 6.14. The smallest absolute Gasteiger partial charge is 0.248 e. The lowest BCUT2D eigenvalue weighted by molar-refractivity contribution is 0.1000. The van der Waals surface area contributed by atoms with Crippen LogP contribution in [0, 0.1) is 24.6 Å². The summed E-state index contributed by atoms with van der Waals surface area (Å²) in [7, 11) is 0. The van der Waals surface area contributed by atoms with Crippen LogP contribution in [0.2, 0.25) is 0 Å². The molecule has 0 bridgehead atoms. The number of carbonyl (C=O) groups is 1. The number of nitrogens with two attached hydrogens (primary N) is 1. The molecule has 3 N–H and O–H groups in total. The van der Waals surface area contributed by atoms with Crippen molar-refractivity contribution in [1.29, 1.82) is 0 Å². The van der Waals surface area contributed by atoms with Gasteiger partial charge in [0, 0.05) is 22.9 Å². The number of hydrogen-bond acceptors (Lipinski definition) is 2. The van der Waals surface area contributed by atoms with Crippen LogP contribution in [-0.4, -0.2) is 11.9 Å². The average Bonchev–Trinajstić information content (AvgIpc) is 2.38. The fourth-order valence-electron chi connectivity index (χ4n) is 2.90. The van der Waals surface area contributed by atoms with Gasteiger partial charge in [-0.25, -0.2) is 4.39 Å². The van der Waals surface area contributed by atoms with Gasteiger partial charge in [0.2, 0.25) is 5.91 Å². The summed E-state index contributed by atoms with van der Waals surface area (Å²) in [6.07, 6.45) is 3.49. The minimum Gasteiger partial charge on any atom is -0.382 e. The predicted octanol–water partition coefficient (Wildman–Crippen LogP) is 3.47. The van der Waals surface area contributed by atoms with E-state index in [9.17, 15) is 9.18 Å². The molecule has 3 atom stereocenters. The highest BCUT2D eigenvalue weighted by Crippen LogP contribution is 2.32. The monoisotopic (exact) mass is 278 g/mol. The summed E-state index contributed by atoms with van der Waals surface area (Å²) >= 11 is 0. The molecule has 110 valence electrons. The second-order valence-corrected chi connectivity index (χ2v) is 6.14. The molecule has 0 heterocycles. The number of halogens is 1. The molecule has 1 amide bonds. The Kier molecular flexibility index (Phi) is 4.31. The zero-order chi connectivity index (χ0) is 14.9. The lowest BCUT2D eigenvalue weighted by Gasteiger charge is -2.34. The Morgan fingerprint density at radius 1 is 1.35 bits per heavy atom. The molecule has 1 aromatic rings. The number of nitrogens with one attached hydrogen (secondary N) is 1. The van der Waals surface area contributed by atoms with E-state index < -0.39 is 5.91 Å². The normalized spacial score (nSPS) is 26.3. The Hall–Kier alpha value is -1.58. The van der Waals surface area contributed by atoms with E-state index in [1.165, 1.54) is 18.9 Å². The fourth-order valence-corrected chi connectivity index (χ4v) is 2.90. The molecule has 4 heteroatoms. The van der Waals surface area contributed by atoms with Gasteiger partial charge < -0.3 is 11.1 Å². The number of rotatable bonds is 3. The van der Waals surface area contributed by atoms with E-state index in [1.807, 2.05) is 0 Å². The SMILES string of the molecule is Cc1c(F)cc(C(N)=O)cc1NC1CC(C)CCC1C. The van der Waals surface area contributed by atoms with Crippen molar-refractivity contribution in [2.24, 2.45) is 17.6 Å². The van der Waals surface area contributed by atoms with Crippen LogP contribution in [0.15, 0.2) is 12.1 Å². The maximum Gasteiger partial charge on any atom is 0.248 e. The Morgan fingerprint density at radius 3 is 2.70 bits per heavy atom. The van der Waals surface area contributed by atoms with E-state index in [1.54, 1.807) is 13.0 Å². The molecule has 1 aliphatic carbocycles. The summed E-state index contributed by atoms with van der Waals surface area (Å²) < 4.78 is 13.9. The molecule has 0 aliphatic heterocycles. The van der Waals surface area contributed by atoms with Crippen LogP contribution >= 0.6 is 0 Å². The maximum absolute atomic E-state index is 13.9.